The van der Waals surface area contributed by atoms with Crippen molar-refractivity contribution in [2.24, 2.45) is 7.05 Å². The fourth-order valence-electron chi connectivity index (χ4n) is 3.13. The van der Waals surface area contributed by atoms with Gasteiger partial charge in [-0.25, -0.2) is 9.59 Å². The first-order valence-electron chi connectivity index (χ1n) is 7.91. The number of amides is 2. The van der Waals surface area contributed by atoms with Crippen LogP contribution in [0.25, 0.3) is 0 Å². The van der Waals surface area contributed by atoms with E-state index in [0.717, 1.165) is 18.4 Å². The number of hydrogen-bond acceptors (Lipinski definition) is 3. The molecule has 3 rings (SSSR count). The number of carboxylic acids is 1. The summed E-state index contributed by atoms with van der Waals surface area (Å²) in [5.74, 6) is -0.734. The van der Waals surface area contributed by atoms with Gasteiger partial charge < -0.3 is 15.3 Å². The summed E-state index contributed by atoms with van der Waals surface area (Å²) in [6.07, 6.45) is 4.86. The molecule has 2 N–H and O–H groups in total. The molecule has 0 atom stereocenters. The lowest BCUT2D eigenvalue weighted by Gasteiger charge is -2.32. The Morgan fingerprint density at radius 3 is 2.58 bits per heavy atom. The Labute approximate surface area is 139 Å². The minimum atomic E-state index is -0.901. The molecule has 1 saturated heterocycles. The summed E-state index contributed by atoms with van der Waals surface area (Å²) in [7, 11) is 1.79. The number of nitrogens with one attached hydrogen (secondary N) is 1. The Morgan fingerprint density at radius 1 is 1.25 bits per heavy atom. The highest BCUT2D eigenvalue weighted by Crippen LogP contribution is 2.30. The Kier molecular flexibility index (Phi) is 4.50. The zero-order chi connectivity index (χ0) is 17.1. The third kappa shape index (κ3) is 3.40. The van der Waals surface area contributed by atoms with Crippen LogP contribution < -0.4 is 5.32 Å². The van der Waals surface area contributed by atoms with Gasteiger partial charge in [-0.1, -0.05) is 18.2 Å². The van der Waals surface area contributed by atoms with Gasteiger partial charge in [-0.15, -0.1) is 0 Å². The van der Waals surface area contributed by atoms with Gasteiger partial charge in [0.05, 0.1) is 17.4 Å². The molecule has 1 fully saturated rings. The normalized spacial score (nSPS) is 15.3. The third-order valence-corrected chi connectivity index (χ3v) is 4.37. The van der Waals surface area contributed by atoms with Gasteiger partial charge in [-0.3, -0.25) is 4.68 Å². The van der Waals surface area contributed by atoms with E-state index in [0.29, 0.717) is 24.3 Å². The summed E-state index contributed by atoms with van der Waals surface area (Å²) in [5.41, 5.74) is 1.88. The van der Waals surface area contributed by atoms with Gasteiger partial charge in [0.2, 0.25) is 0 Å². The highest BCUT2D eigenvalue weighted by molar-refractivity contribution is 5.90. The zero-order valence-electron chi connectivity index (χ0n) is 13.5. The lowest BCUT2D eigenvalue weighted by atomic mass is 9.86. The molecule has 24 heavy (non-hydrogen) atoms. The first kappa shape index (κ1) is 16.0. The molecule has 0 radical (unpaired) electrons. The smallest absolute Gasteiger partial charge is 0.335 e. The van der Waals surface area contributed by atoms with E-state index in [9.17, 15) is 14.7 Å². The van der Waals surface area contributed by atoms with Gasteiger partial charge >= 0.3 is 12.0 Å². The molecular weight excluding hydrogens is 308 g/mol. The highest BCUT2D eigenvalue weighted by atomic mass is 16.4. The summed E-state index contributed by atoms with van der Waals surface area (Å²) in [5, 5.41) is 16.2. The summed E-state index contributed by atoms with van der Waals surface area (Å²) in [6.45, 7) is 1.20. The number of aromatic nitrogens is 2. The number of anilines is 1. The number of piperidine rings is 1. The zero-order valence-corrected chi connectivity index (χ0v) is 13.5. The van der Waals surface area contributed by atoms with E-state index in [4.69, 9.17) is 0 Å². The molecule has 2 amide bonds. The molecule has 7 heteroatoms. The molecule has 0 saturated carbocycles. The SMILES string of the molecule is Cn1cc(NC(=O)N2CCC(c3ccccc3C(=O)O)CC2)cn1. The average molecular weight is 328 g/mol. The van der Waals surface area contributed by atoms with E-state index < -0.39 is 5.97 Å². The van der Waals surface area contributed by atoms with Crippen LogP contribution in [0, 0.1) is 0 Å². The molecule has 1 aromatic carbocycles. The number of carbonyl (C=O) groups is 2. The predicted molar refractivity (Wildman–Crippen MR) is 89.2 cm³/mol. The predicted octanol–water partition coefficient (Wildman–Crippen LogP) is 2.53. The fourth-order valence-corrected chi connectivity index (χ4v) is 3.13. The van der Waals surface area contributed by atoms with E-state index in [1.54, 1.807) is 41.2 Å². The van der Waals surface area contributed by atoms with Gasteiger partial charge in [-0.05, 0) is 30.4 Å². The molecule has 2 aromatic rings. The van der Waals surface area contributed by atoms with Crippen LogP contribution in [0.3, 0.4) is 0 Å². The largest absolute Gasteiger partial charge is 0.478 e. The molecule has 1 aromatic heterocycles. The quantitative estimate of drug-likeness (QED) is 0.906. The van der Waals surface area contributed by atoms with Crippen LogP contribution in [-0.4, -0.2) is 44.9 Å². The number of likely N-dealkylation sites (tertiary alicyclic amines) is 1. The number of urea groups is 1. The Bertz CT molecular complexity index is 748. The van der Waals surface area contributed by atoms with Crippen molar-refractivity contribution in [1.82, 2.24) is 14.7 Å². The lowest BCUT2D eigenvalue weighted by molar-refractivity contribution is 0.0694. The van der Waals surface area contributed by atoms with Crippen molar-refractivity contribution < 1.29 is 14.7 Å². The highest BCUT2D eigenvalue weighted by Gasteiger charge is 2.26. The Hall–Kier alpha value is -2.83. The third-order valence-electron chi connectivity index (χ3n) is 4.37. The molecule has 0 bridgehead atoms. The second-order valence-corrected chi connectivity index (χ2v) is 5.99. The maximum absolute atomic E-state index is 12.3. The van der Waals surface area contributed by atoms with Gasteiger partial charge in [-0.2, -0.15) is 5.10 Å². The number of rotatable bonds is 3. The van der Waals surface area contributed by atoms with E-state index >= 15 is 0 Å². The number of nitrogens with zero attached hydrogens (tertiary/aromatic N) is 3. The monoisotopic (exact) mass is 328 g/mol. The van der Waals surface area contributed by atoms with Crippen molar-refractivity contribution in [3.8, 4) is 0 Å². The van der Waals surface area contributed by atoms with Crippen LogP contribution in [-0.2, 0) is 7.05 Å². The lowest BCUT2D eigenvalue weighted by Crippen LogP contribution is -2.40. The van der Waals surface area contributed by atoms with Crippen LogP contribution in [0.1, 0.15) is 34.7 Å². The molecule has 0 unspecified atom stereocenters. The van der Waals surface area contributed by atoms with Gasteiger partial charge in [0.15, 0.2) is 0 Å². The van der Waals surface area contributed by atoms with Crippen LogP contribution in [0.2, 0.25) is 0 Å². The summed E-state index contributed by atoms with van der Waals surface area (Å²) >= 11 is 0. The summed E-state index contributed by atoms with van der Waals surface area (Å²) in [6, 6.07) is 6.97. The molecule has 0 aliphatic carbocycles. The van der Waals surface area contributed by atoms with E-state index in [2.05, 4.69) is 10.4 Å². The Balaban J connectivity index is 1.62. The first-order valence-corrected chi connectivity index (χ1v) is 7.91. The molecule has 1 aliphatic heterocycles. The first-order chi connectivity index (χ1) is 11.5. The number of aryl methyl sites for hydroxylation is 1. The number of benzene rings is 1. The van der Waals surface area contributed by atoms with E-state index in [1.807, 2.05) is 12.1 Å². The fraction of sp³-hybridized carbons (Fsp3) is 0.353. The standard InChI is InChI=1S/C17H20N4O3/c1-20-11-13(10-18-20)19-17(24)21-8-6-12(7-9-21)14-4-2-3-5-15(14)16(22)23/h2-5,10-12H,6-9H2,1H3,(H,19,24)(H,22,23). The van der Waals surface area contributed by atoms with E-state index in [-0.39, 0.29) is 11.9 Å². The summed E-state index contributed by atoms with van der Waals surface area (Å²) < 4.78 is 1.63. The van der Waals surface area contributed by atoms with Crippen molar-refractivity contribution in [3.63, 3.8) is 0 Å². The van der Waals surface area contributed by atoms with Crippen LogP contribution in [0.5, 0.6) is 0 Å². The molecular formula is C17H20N4O3. The minimum Gasteiger partial charge on any atom is -0.478 e. The van der Waals surface area contributed by atoms with Crippen molar-refractivity contribution in [1.29, 1.82) is 0 Å². The summed E-state index contributed by atoms with van der Waals surface area (Å²) in [4.78, 5) is 25.4. The molecule has 1 aliphatic rings. The van der Waals surface area contributed by atoms with Crippen molar-refractivity contribution in [2.45, 2.75) is 18.8 Å². The van der Waals surface area contributed by atoms with Crippen molar-refractivity contribution in [2.75, 3.05) is 18.4 Å². The average Bonchev–Trinajstić information content (AvgIpc) is 3.00. The number of aromatic carboxylic acids is 1. The van der Waals surface area contributed by atoms with Crippen molar-refractivity contribution in [3.05, 3.63) is 47.8 Å². The van der Waals surface area contributed by atoms with Gasteiger partial charge in [0, 0.05) is 26.3 Å². The topological polar surface area (TPSA) is 87.5 Å². The molecule has 7 nitrogen and oxygen atoms in total. The second-order valence-electron chi connectivity index (χ2n) is 5.99. The maximum Gasteiger partial charge on any atom is 0.335 e. The van der Waals surface area contributed by atoms with Gasteiger partial charge in [0.1, 0.15) is 0 Å². The Morgan fingerprint density at radius 2 is 1.96 bits per heavy atom. The molecule has 2 heterocycles. The van der Waals surface area contributed by atoms with Crippen molar-refractivity contribution >= 4 is 17.7 Å². The minimum absolute atomic E-state index is 0.145. The number of hydrogen-bond donors (Lipinski definition) is 2. The number of carboxylic acid groups (broad SMARTS) is 1. The molecule has 0 spiro atoms. The van der Waals surface area contributed by atoms with Crippen LogP contribution in [0.15, 0.2) is 36.7 Å². The molecule has 126 valence electrons. The maximum atomic E-state index is 12.3. The second kappa shape index (κ2) is 6.74. The van der Waals surface area contributed by atoms with E-state index in [1.165, 1.54) is 0 Å². The number of carbonyl (C=O) groups excluding carboxylic acids is 1. The van der Waals surface area contributed by atoms with Crippen LogP contribution in [0.4, 0.5) is 10.5 Å². The van der Waals surface area contributed by atoms with Gasteiger partial charge in [0.25, 0.3) is 0 Å². The van der Waals surface area contributed by atoms with Crippen LogP contribution >= 0.6 is 0 Å².